The number of hydrogen-bond donors (Lipinski definition) is 2. The van der Waals surface area contributed by atoms with Gasteiger partial charge in [0, 0.05) is 12.0 Å². The van der Waals surface area contributed by atoms with E-state index in [4.69, 9.17) is 15.2 Å². The average Bonchev–Trinajstić information content (AvgIpc) is 3.17. The van der Waals surface area contributed by atoms with Crippen LogP contribution in [0.1, 0.15) is 39.2 Å². The Bertz CT molecular complexity index is 531. The Morgan fingerprint density at radius 2 is 2.05 bits per heavy atom. The van der Waals surface area contributed by atoms with E-state index in [0.29, 0.717) is 18.0 Å². The highest BCUT2D eigenvalue weighted by Crippen LogP contribution is 2.48. The molecule has 1 aliphatic rings. The van der Waals surface area contributed by atoms with Gasteiger partial charge in [-0.15, -0.1) is 0 Å². The van der Waals surface area contributed by atoms with Gasteiger partial charge in [-0.3, -0.25) is 5.32 Å². The topological polar surface area (TPSA) is 73.6 Å². The van der Waals surface area contributed by atoms with Crippen LogP contribution in [0.2, 0.25) is 0 Å². The van der Waals surface area contributed by atoms with Gasteiger partial charge in [-0.05, 0) is 51.3 Å². The van der Waals surface area contributed by atoms with Crippen LogP contribution in [-0.2, 0) is 10.2 Å². The minimum absolute atomic E-state index is 0.0661. The summed E-state index contributed by atoms with van der Waals surface area (Å²) in [5.41, 5.74) is 7.14. The number of nitrogens with two attached hydrogens (primary N) is 1. The number of carbonyl (C=O) groups is 1. The third kappa shape index (κ3) is 3.67. The molecule has 5 nitrogen and oxygen atoms in total. The monoisotopic (exact) mass is 292 g/mol. The molecule has 0 atom stereocenters. The maximum atomic E-state index is 11.9. The fourth-order valence-electron chi connectivity index (χ4n) is 2.31. The van der Waals surface area contributed by atoms with Crippen LogP contribution in [-0.4, -0.2) is 25.3 Å². The summed E-state index contributed by atoms with van der Waals surface area (Å²) in [6.45, 7) is 6.10. The van der Waals surface area contributed by atoms with Crippen molar-refractivity contribution in [3.63, 3.8) is 0 Å². The van der Waals surface area contributed by atoms with Gasteiger partial charge in [0.1, 0.15) is 11.4 Å². The van der Waals surface area contributed by atoms with Crippen LogP contribution < -0.4 is 15.8 Å². The van der Waals surface area contributed by atoms with Gasteiger partial charge < -0.3 is 15.2 Å². The van der Waals surface area contributed by atoms with Crippen molar-refractivity contribution >= 4 is 11.8 Å². The second-order valence-corrected chi connectivity index (χ2v) is 6.53. The van der Waals surface area contributed by atoms with Gasteiger partial charge in [-0.1, -0.05) is 6.07 Å². The number of anilines is 1. The zero-order chi connectivity index (χ0) is 15.7. The Hall–Kier alpha value is -1.75. The van der Waals surface area contributed by atoms with Crippen LogP contribution in [0.5, 0.6) is 5.75 Å². The minimum Gasteiger partial charge on any atom is -0.495 e. The van der Waals surface area contributed by atoms with Crippen molar-refractivity contribution in [2.75, 3.05) is 19.0 Å². The van der Waals surface area contributed by atoms with E-state index in [1.165, 1.54) is 0 Å². The molecule has 0 heterocycles. The summed E-state index contributed by atoms with van der Waals surface area (Å²) >= 11 is 0. The lowest BCUT2D eigenvalue weighted by Crippen LogP contribution is -2.27. The van der Waals surface area contributed by atoms with Crippen LogP contribution in [0.4, 0.5) is 10.5 Å². The molecule has 21 heavy (non-hydrogen) atoms. The molecular formula is C16H24N2O3. The van der Waals surface area contributed by atoms with Crippen LogP contribution >= 0.6 is 0 Å². The standard InChI is InChI=1S/C16H24N2O3/c1-15(2,3)21-14(19)18-12-9-11(5-6-13(12)20-4)16(10-17)7-8-16/h5-6,9H,7-8,10,17H2,1-4H3,(H,18,19). The fraction of sp³-hybridized carbons (Fsp3) is 0.562. The molecule has 1 saturated carbocycles. The van der Waals surface area contributed by atoms with Crippen molar-refractivity contribution < 1.29 is 14.3 Å². The van der Waals surface area contributed by atoms with Crippen molar-refractivity contribution in [3.8, 4) is 5.75 Å². The smallest absolute Gasteiger partial charge is 0.412 e. The van der Waals surface area contributed by atoms with Gasteiger partial charge in [0.25, 0.3) is 0 Å². The molecule has 0 aliphatic heterocycles. The van der Waals surface area contributed by atoms with E-state index in [0.717, 1.165) is 18.4 Å². The van der Waals surface area contributed by atoms with Crippen LogP contribution in [0.3, 0.4) is 0 Å². The highest BCUT2D eigenvalue weighted by molar-refractivity contribution is 5.87. The lowest BCUT2D eigenvalue weighted by Gasteiger charge is -2.21. The maximum absolute atomic E-state index is 11.9. The Labute approximate surface area is 125 Å². The van der Waals surface area contributed by atoms with Gasteiger partial charge in [-0.2, -0.15) is 0 Å². The maximum Gasteiger partial charge on any atom is 0.412 e. The summed E-state index contributed by atoms with van der Waals surface area (Å²) in [5, 5.41) is 2.76. The van der Waals surface area contributed by atoms with Crippen LogP contribution in [0, 0.1) is 0 Å². The molecule has 0 unspecified atom stereocenters. The molecule has 1 amide bonds. The molecule has 0 saturated heterocycles. The average molecular weight is 292 g/mol. The summed E-state index contributed by atoms with van der Waals surface area (Å²) in [4.78, 5) is 11.9. The summed E-state index contributed by atoms with van der Waals surface area (Å²) in [7, 11) is 1.57. The third-order valence-corrected chi connectivity index (χ3v) is 3.69. The first-order valence-electron chi connectivity index (χ1n) is 7.18. The molecule has 1 fully saturated rings. The van der Waals surface area contributed by atoms with Gasteiger partial charge in [0.05, 0.1) is 12.8 Å². The molecule has 1 aromatic rings. The first-order valence-corrected chi connectivity index (χ1v) is 7.18. The van der Waals surface area contributed by atoms with Gasteiger partial charge in [-0.25, -0.2) is 4.79 Å². The van der Waals surface area contributed by atoms with Crippen molar-refractivity contribution in [2.45, 2.75) is 44.6 Å². The fourth-order valence-corrected chi connectivity index (χ4v) is 2.31. The van der Waals surface area contributed by atoms with Crippen molar-refractivity contribution in [1.82, 2.24) is 0 Å². The number of carbonyl (C=O) groups excluding carboxylic acids is 1. The molecule has 0 aromatic heterocycles. The highest BCUT2D eigenvalue weighted by atomic mass is 16.6. The van der Waals surface area contributed by atoms with E-state index in [1.807, 2.05) is 39.0 Å². The normalized spacial score (nSPS) is 16.2. The number of benzene rings is 1. The largest absolute Gasteiger partial charge is 0.495 e. The predicted octanol–water partition coefficient (Wildman–Crippen LogP) is 3.03. The zero-order valence-electron chi connectivity index (χ0n) is 13.2. The Morgan fingerprint density at radius 1 is 1.38 bits per heavy atom. The molecule has 1 aliphatic carbocycles. The Kier molecular flexibility index (Phi) is 4.14. The molecule has 3 N–H and O–H groups in total. The Balaban J connectivity index is 2.21. The molecular weight excluding hydrogens is 268 g/mol. The molecule has 5 heteroatoms. The van der Waals surface area contributed by atoms with Crippen LogP contribution in [0.25, 0.3) is 0 Å². The molecule has 2 rings (SSSR count). The minimum atomic E-state index is -0.538. The quantitative estimate of drug-likeness (QED) is 0.894. The summed E-state index contributed by atoms with van der Waals surface area (Å²) in [6.07, 6.45) is 1.68. The molecule has 1 aromatic carbocycles. The second-order valence-electron chi connectivity index (χ2n) is 6.53. The predicted molar refractivity (Wildman–Crippen MR) is 82.8 cm³/mol. The SMILES string of the molecule is COc1ccc(C2(CN)CC2)cc1NC(=O)OC(C)(C)C. The number of hydrogen-bond acceptors (Lipinski definition) is 4. The van der Waals surface area contributed by atoms with Gasteiger partial charge in [0.2, 0.25) is 0 Å². The number of ether oxygens (including phenoxy) is 2. The van der Waals surface area contributed by atoms with E-state index in [9.17, 15) is 4.79 Å². The molecule has 0 bridgehead atoms. The number of nitrogens with one attached hydrogen (secondary N) is 1. The lowest BCUT2D eigenvalue weighted by atomic mass is 9.95. The van der Waals surface area contributed by atoms with Crippen molar-refractivity contribution in [1.29, 1.82) is 0 Å². The molecule has 0 spiro atoms. The summed E-state index contributed by atoms with van der Waals surface area (Å²) in [5.74, 6) is 0.609. The molecule has 116 valence electrons. The molecule has 0 radical (unpaired) electrons. The van der Waals surface area contributed by atoms with E-state index in [1.54, 1.807) is 7.11 Å². The van der Waals surface area contributed by atoms with Crippen molar-refractivity contribution in [3.05, 3.63) is 23.8 Å². The lowest BCUT2D eigenvalue weighted by molar-refractivity contribution is 0.0635. The van der Waals surface area contributed by atoms with Gasteiger partial charge in [0.15, 0.2) is 0 Å². The zero-order valence-corrected chi connectivity index (χ0v) is 13.2. The third-order valence-electron chi connectivity index (χ3n) is 3.69. The van der Waals surface area contributed by atoms with Gasteiger partial charge >= 0.3 is 6.09 Å². The van der Waals surface area contributed by atoms with Crippen LogP contribution in [0.15, 0.2) is 18.2 Å². The van der Waals surface area contributed by atoms with E-state index < -0.39 is 11.7 Å². The highest BCUT2D eigenvalue weighted by Gasteiger charge is 2.43. The first-order chi connectivity index (χ1) is 9.79. The first kappa shape index (κ1) is 15.6. The van der Waals surface area contributed by atoms with E-state index >= 15 is 0 Å². The summed E-state index contributed by atoms with van der Waals surface area (Å²) < 4.78 is 10.6. The van der Waals surface area contributed by atoms with Crippen molar-refractivity contribution in [2.24, 2.45) is 5.73 Å². The van der Waals surface area contributed by atoms with E-state index in [2.05, 4.69) is 5.32 Å². The van der Waals surface area contributed by atoms with E-state index in [-0.39, 0.29) is 5.41 Å². The number of methoxy groups -OCH3 is 1. The summed E-state index contributed by atoms with van der Waals surface area (Å²) in [6, 6.07) is 5.80. The Morgan fingerprint density at radius 3 is 2.52 bits per heavy atom. The number of rotatable bonds is 4. The second kappa shape index (κ2) is 5.56. The number of amides is 1.